The lowest BCUT2D eigenvalue weighted by Gasteiger charge is -2.13. The van der Waals surface area contributed by atoms with E-state index in [2.05, 4.69) is 25.7 Å². The van der Waals surface area contributed by atoms with Gasteiger partial charge in [0.2, 0.25) is 5.88 Å². The van der Waals surface area contributed by atoms with E-state index in [1.165, 1.54) is 0 Å². The summed E-state index contributed by atoms with van der Waals surface area (Å²) >= 11 is 5.80. The summed E-state index contributed by atoms with van der Waals surface area (Å²) in [6.45, 7) is 3.55. The first-order valence-electron chi connectivity index (χ1n) is 8.16. The van der Waals surface area contributed by atoms with Crippen LogP contribution >= 0.6 is 11.6 Å². The zero-order chi connectivity index (χ0) is 19.9. The van der Waals surface area contributed by atoms with E-state index in [9.17, 15) is 13.2 Å². The third-order valence-corrected chi connectivity index (χ3v) is 3.70. The molecule has 148 valence electrons. The molecule has 11 heteroatoms. The van der Waals surface area contributed by atoms with Gasteiger partial charge in [-0.3, -0.25) is 4.68 Å². The van der Waals surface area contributed by atoms with Gasteiger partial charge in [-0.25, -0.2) is 9.98 Å². The van der Waals surface area contributed by atoms with Gasteiger partial charge in [0.1, 0.15) is 11.6 Å². The van der Waals surface area contributed by atoms with Gasteiger partial charge >= 0.3 is 6.18 Å². The molecular formula is C16H20ClF3N6O. The SMILES string of the molecule is CCNC(=NCc1ccnn1C)NCCOc1ncc(C(F)(F)F)cc1Cl. The van der Waals surface area contributed by atoms with Gasteiger partial charge in [0, 0.05) is 26.0 Å². The smallest absolute Gasteiger partial charge is 0.417 e. The third-order valence-electron chi connectivity index (χ3n) is 3.43. The van der Waals surface area contributed by atoms with E-state index in [1.807, 2.05) is 20.0 Å². The van der Waals surface area contributed by atoms with Crippen molar-refractivity contribution in [3.63, 3.8) is 0 Å². The predicted octanol–water partition coefficient (Wildman–Crippen LogP) is 2.62. The monoisotopic (exact) mass is 404 g/mol. The lowest BCUT2D eigenvalue weighted by molar-refractivity contribution is -0.137. The number of hydrogen-bond acceptors (Lipinski definition) is 4. The molecular weight excluding hydrogens is 385 g/mol. The summed E-state index contributed by atoms with van der Waals surface area (Å²) in [5, 5.41) is 10.0. The Morgan fingerprint density at radius 1 is 1.37 bits per heavy atom. The molecule has 0 aliphatic carbocycles. The molecule has 0 aromatic carbocycles. The van der Waals surface area contributed by atoms with Gasteiger partial charge in [-0.05, 0) is 19.1 Å². The minimum Gasteiger partial charge on any atom is -0.475 e. The number of aryl methyl sites for hydroxylation is 1. The van der Waals surface area contributed by atoms with Crippen LogP contribution in [-0.2, 0) is 19.8 Å². The van der Waals surface area contributed by atoms with Gasteiger partial charge < -0.3 is 15.4 Å². The van der Waals surface area contributed by atoms with E-state index in [4.69, 9.17) is 16.3 Å². The number of nitrogens with one attached hydrogen (secondary N) is 2. The molecule has 0 atom stereocenters. The lowest BCUT2D eigenvalue weighted by Crippen LogP contribution is -2.39. The van der Waals surface area contributed by atoms with Crippen LogP contribution in [0, 0.1) is 0 Å². The second-order valence-electron chi connectivity index (χ2n) is 5.43. The summed E-state index contributed by atoms with van der Waals surface area (Å²) in [6, 6.07) is 2.66. The Balaban J connectivity index is 1.85. The standard InChI is InChI=1S/C16H20ClF3N6O/c1-3-21-15(24-10-12-4-5-25-26(12)2)22-6-7-27-14-13(17)8-11(9-23-14)16(18,19)20/h4-5,8-9H,3,6-7,10H2,1-2H3,(H2,21,22,24). The second-order valence-corrected chi connectivity index (χ2v) is 5.83. The summed E-state index contributed by atoms with van der Waals surface area (Å²) in [5.74, 6) is 0.525. The highest BCUT2D eigenvalue weighted by molar-refractivity contribution is 6.31. The quantitative estimate of drug-likeness (QED) is 0.421. The molecule has 0 aliphatic heterocycles. The molecule has 0 amide bonds. The number of alkyl halides is 3. The second kappa shape index (κ2) is 9.45. The van der Waals surface area contributed by atoms with Crippen LogP contribution in [0.2, 0.25) is 5.02 Å². The molecule has 27 heavy (non-hydrogen) atoms. The summed E-state index contributed by atoms with van der Waals surface area (Å²) in [5.41, 5.74) is 0.0268. The highest BCUT2D eigenvalue weighted by atomic mass is 35.5. The molecule has 0 unspecified atom stereocenters. The van der Waals surface area contributed by atoms with Crippen molar-refractivity contribution in [3.05, 3.63) is 40.8 Å². The van der Waals surface area contributed by atoms with Crippen LogP contribution in [0.25, 0.3) is 0 Å². The van der Waals surface area contributed by atoms with Crippen molar-refractivity contribution >= 4 is 17.6 Å². The van der Waals surface area contributed by atoms with Crippen molar-refractivity contribution in [2.45, 2.75) is 19.6 Å². The molecule has 2 aromatic rings. The first-order chi connectivity index (χ1) is 12.8. The normalized spacial score (nSPS) is 12.1. The molecule has 0 saturated heterocycles. The lowest BCUT2D eigenvalue weighted by atomic mass is 10.3. The molecule has 0 aliphatic rings. The van der Waals surface area contributed by atoms with E-state index in [1.54, 1.807) is 10.9 Å². The Kier molecular flexibility index (Phi) is 7.28. The Morgan fingerprint density at radius 3 is 2.74 bits per heavy atom. The number of pyridine rings is 1. The van der Waals surface area contributed by atoms with E-state index >= 15 is 0 Å². The molecule has 7 nitrogen and oxygen atoms in total. The first-order valence-corrected chi connectivity index (χ1v) is 8.53. The molecule has 2 heterocycles. The largest absolute Gasteiger partial charge is 0.475 e. The maximum absolute atomic E-state index is 12.6. The predicted molar refractivity (Wildman–Crippen MR) is 95.8 cm³/mol. The Morgan fingerprint density at radius 2 is 2.15 bits per heavy atom. The molecule has 0 radical (unpaired) electrons. The van der Waals surface area contributed by atoms with Gasteiger partial charge in [-0.1, -0.05) is 11.6 Å². The molecule has 0 saturated carbocycles. The first kappa shape index (κ1) is 20.8. The number of halogens is 4. The minimum absolute atomic E-state index is 0.0525. The fourth-order valence-corrected chi connectivity index (χ4v) is 2.28. The van der Waals surface area contributed by atoms with Crippen molar-refractivity contribution in [1.29, 1.82) is 0 Å². The fraction of sp³-hybridized carbons (Fsp3) is 0.438. The molecule has 0 spiro atoms. The van der Waals surface area contributed by atoms with Crippen molar-refractivity contribution in [3.8, 4) is 5.88 Å². The highest BCUT2D eigenvalue weighted by Gasteiger charge is 2.31. The van der Waals surface area contributed by atoms with Crippen LogP contribution in [0.15, 0.2) is 29.5 Å². The van der Waals surface area contributed by atoms with Gasteiger partial charge in [0.05, 0.1) is 24.3 Å². The van der Waals surface area contributed by atoms with Crippen LogP contribution < -0.4 is 15.4 Å². The number of nitrogens with zero attached hydrogens (tertiary/aromatic N) is 4. The average Bonchev–Trinajstić information content (AvgIpc) is 3.01. The maximum Gasteiger partial charge on any atom is 0.417 e. The highest BCUT2D eigenvalue weighted by Crippen LogP contribution is 2.32. The van der Waals surface area contributed by atoms with Crippen LogP contribution in [0.4, 0.5) is 13.2 Å². The fourth-order valence-electron chi connectivity index (χ4n) is 2.06. The average molecular weight is 405 g/mol. The molecule has 2 N–H and O–H groups in total. The number of aliphatic imine (C=N–C) groups is 1. The molecule has 2 rings (SSSR count). The molecule has 2 aromatic heterocycles. The van der Waals surface area contributed by atoms with Crippen molar-refractivity contribution in [2.75, 3.05) is 19.7 Å². The minimum atomic E-state index is -4.50. The van der Waals surface area contributed by atoms with E-state index in [0.29, 0.717) is 31.8 Å². The third kappa shape index (κ3) is 6.31. The van der Waals surface area contributed by atoms with Gasteiger partial charge in [0.15, 0.2) is 5.96 Å². The number of aromatic nitrogens is 3. The molecule has 0 bridgehead atoms. The summed E-state index contributed by atoms with van der Waals surface area (Å²) in [6.07, 6.45) is -2.12. The zero-order valence-corrected chi connectivity index (χ0v) is 15.6. The topological polar surface area (TPSA) is 76.4 Å². The van der Waals surface area contributed by atoms with Gasteiger partial charge in [-0.15, -0.1) is 0 Å². The summed E-state index contributed by atoms with van der Waals surface area (Å²) < 4.78 is 44.8. The maximum atomic E-state index is 12.6. The van der Waals surface area contributed by atoms with Crippen molar-refractivity contribution < 1.29 is 17.9 Å². The van der Waals surface area contributed by atoms with E-state index in [0.717, 1.165) is 11.8 Å². The number of ether oxygens (including phenoxy) is 1. The zero-order valence-electron chi connectivity index (χ0n) is 14.8. The number of rotatable bonds is 7. The molecule has 0 fully saturated rings. The van der Waals surface area contributed by atoms with Crippen LogP contribution in [0.3, 0.4) is 0 Å². The van der Waals surface area contributed by atoms with Gasteiger partial charge in [-0.2, -0.15) is 18.3 Å². The van der Waals surface area contributed by atoms with E-state index in [-0.39, 0.29) is 17.5 Å². The summed E-state index contributed by atoms with van der Waals surface area (Å²) in [4.78, 5) is 8.05. The number of guanidine groups is 1. The summed E-state index contributed by atoms with van der Waals surface area (Å²) in [7, 11) is 1.83. The Hall–Kier alpha value is -2.49. The van der Waals surface area contributed by atoms with Gasteiger partial charge in [0.25, 0.3) is 0 Å². The number of hydrogen-bond donors (Lipinski definition) is 2. The Bertz CT molecular complexity index is 778. The van der Waals surface area contributed by atoms with E-state index < -0.39 is 11.7 Å². The van der Waals surface area contributed by atoms with Crippen LogP contribution in [0.1, 0.15) is 18.2 Å². The van der Waals surface area contributed by atoms with Crippen molar-refractivity contribution in [2.24, 2.45) is 12.0 Å². The Labute approximate surface area is 159 Å². The van der Waals surface area contributed by atoms with Crippen LogP contribution in [0.5, 0.6) is 5.88 Å². The van der Waals surface area contributed by atoms with Crippen molar-refractivity contribution in [1.82, 2.24) is 25.4 Å². The van der Waals surface area contributed by atoms with Crippen LogP contribution in [-0.4, -0.2) is 40.4 Å².